The smallest absolute Gasteiger partial charge is 0.255 e. The van der Waals surface area contributed by atoms with Crippen molar-refractivity contribution in [2.75, 3.05) is 23.3 Å². The fraction of sp³-hybridized carbons (Fsp3) is 0.259. The summed E-state index contributed by atoms with van der Waals surface area (Å²) in [5.74, 6) is -0.918. The van der Waals surface area contributed by atoms with Crippen LogP contribution in [0.2, 0.25) is 0 Å². The zero-order valence-electron chi connectivity index (χ0n) is 20.4. The predicted molar refractivity (Wildman–Crippen MR) is 148 cm³/mol. The lowest BCUT2D eigenvalue weighted by Crippen LogP contribution is -2.39. The molecule has 1 aliphatic heterocycles. The molecule has 4 N–H and O–H groups in total. The maximum Gasteiger partial charge on any atom is 0.255 e. The normalized spacial score (nSPS) is 15.2. The highest BCUT2D eigenvalue weighted by molar-refractivity contribution is 9.10. The molecule has 1 heterocycles. The highest BCUT2D eigenvalue weighted by Crippen LogP contribution is 2.33. The number of carbonyl (C=O) groups is 2. The molecule has 0 aromatic heterocycles. The standard InChI is InChI=1S/C27H29BrN4O4S/c1-18(19-6-3-2-4-7-19)31-37(35,36)25-17-23(30-27(34)21-8-5-9-22(28)16-21)10-11-24(25)32-14-12-20(13-15-32)26(29)33/h2-11,16-18,20,31H,12-15H2,1H3,(H2,29,33)(H,30,34). The first-order valence-electron chi connectivity index (χ1n) is 12.0. The van der Waals surface area contributed by atoms with Gasteiger partial charge in [0, 0.05) is 40.8 Å². The molecular formula is C27H29BrN4O4S. The maximum absolute atomic E-state index is 13.7. The zero-order chi connectivity index (χ0) is 26.6. The van der Waals surface area contributed by atoms with Gasteiger partial charge in [0.25, 0.3) is 5.91 Å². The van der Waals surface area contributed by atoms with Crippen molar-refractivity contribution < 1.29 is 18.0 Å². The van der Waals surface area contributed by atoms with Gasteiger partial charge in [0.2, 0.25) is 15.9 Å². The van der Waals surface area contributed by atoms with Gasteiger partial charge in [0.15, 0.2) is 0 Å². The van der Waals surface area contributed by atoms with Crippen molar-refractivity contribution in [2.45, 2.75) is 30.7 Å². The molecule has 8 nitrogen and oxygen atoms in total. The molecule has 0 saturated carbocycles. The summed E-state index contributed by atoms with van der Waals surface area (Å²) in [5.41, 5.74) is 7.61. The van der Waals surface area contributed by atoms with E-state index in [0.717, 1.165) is 10.0 Å². The van der Waals surface area contributed by atoms with Crippen molar-refractivity contribution in [3.8, 4) is 0 Å². The molecule has 3 aromatic rings. The molecule has 37 heavy (non-hydrogen) atoms. The van der Waals surface area contributed by atoms with E-state index in [2.05, 4.69) is 26.0 Å². The predicted octanol–water partition coefficient (Wildman–Crippen LogP) is 4.44. The molecule has 1 fully saturated rings. The van der Waals surface area contributed by atoms with Crippen molar-refractivity contribution in [3.63, 3.8) is 0 Å². The SMILES string of the molecule is CC(NS(=O)(=O)c1cc(NC(=O)c2cccc(Br)c2)ccc1N1CCC(C(N)=O)CC1)c1ccccc1. The molecular weight excluding hydrogens is 556 g/mol. The van der Waals surface area contributed by atoms with E-state index in [1.807, 2.05) is 41.3 Å². The Balaban J connectivity index is 1.66. The Labute approximate surface area is 225 Å². The first-order valence-corrected chi connectivity index (χ1v) is 14.2. The number of rotatable bonds is 8. The van der Waals surface area contributed by atoms with Crippen molar-refractivity contribution in [2.24, 2.45) is 11.7 Å². The monoisotopic (exact) mass is 584 g/mol. The Morgan fingerprint density at radius 2 is 1.70 bits per heavy atom. The first-order chi connectivity index (χ1) is 17.6. The fourth-order valence-electron chi connectivity index (χ4n) is 4.41. The van der Waals surface area contributed by atoms with Crippen LogP contribution in [0.3, 0.4) is 0 Å². The first kappa shape index (κ1) is 26.8. The molecule has 10 heteroatoms. The minimum Gasteiger partial charge on any atom is -0.370 e. The van der Waals surface area contributed by atoms with Crippen LogP contribution in [0.5, 0.6) is 0 Å². The van der Waals surface area contributed by atoms with Gasteiger partial charge >= 0.3 is 0 Å². The van der Waals surface area contributed by atoms with Gasteiger partial charge in [-0.25, -0.2) is 13.1 Å². The average Bonchev–Trinajstić information content (AvgIpc) is 2.89. The van der Waals surface area contributed by atoms with E-state index in [9.17, 15) is 18.0 Å². The van der Waals surface area contributed by atoms with Gasteiger partial charge in [-0.3, -0.25) is 9.59 Å². The van der Waals surface area contributed by atoms with Gasteiger partial charge in [0.1, 0.15) is 4.90 Å². The molecule has 0 aliphatic carbocycles. The average molecular weight is 586 g/mol. The minimum absolute atomic E-state index is 0.0554. The van der Waals surface area contributed by atoms with Crippen LogP contribution in [0.4, 0.5) is 11.4 Å². The van der Waals surface area contributed by atoms with Crippen molar-refractivity contribution in [1.29, 1.82) is 0 Å². The molecule has 0 spiro atoms. The number of halogens is 1. The van der Waals surface area contributed by atoms with Gasteiger partial charge in [-0.2, -0.15) is 0 Å². The second-order valence-electron chi connectivity index (χ2n) is 9.06. The Kier molecular flexibility index (Phi) is 8.31. The molecule has 2 amide bonds. The number of amides is 2. The topological polar surface area (TPSA) is 122 Å². The van der Waals surface area contributed by atoms with E-state index >= 15 is 0 Å². The van der Waals surface area contributed by atoms with E-state index < -0.39 is 16.1 Å². The largest absolute Gasteiger partial charge is 0.370 e. The van der Waals surface area contributed by atoms with Gasteiger partial charge in [-0.15, -0.1) is 0 Å². The number of anilines is 2. The number of sulfonamides is 1. The molecule has 1 unspecified atom stereocenters. The number of nitrogens with two attached hydrogens (primary N) is 1. The summed E-state index contributed by atoms with van der Waals surface area (Å²) in [5, 5.41) is 2.80. The van der Waals surface area contributed by atoms with E-state index in [0.29, 0.717) is 42.9 Å². The Morgan fingerprint density at radius 3 is 2.35 bits per heavy atom. The van der Waals surface area contributed by atoms with Crippen LogP contribution in [-0.4, -0.2) is 33.3 Å². The van der Waals surface area contributed by atoms with Crippen molar-refractivity contribution >= 4 is 49.1 Å². The number of nitrogens with zero attached hydrogens (tertiary/aromatic N) is 1. The van der Waals surface area contributed by atoms with Gasteiger partial charge in [0.05, 0.1) is 5.69 Å². The number of piperidine rings is 1. The molecule has 3 aromatic carbocycles. The number of benzene rings is 3. The summed E-state index contributed by atoms with van der Waals surface area (Å²) in [6, 6.07) is 20.6. The van der Waals surface area contributed by atoms with E-state index in [1.54, 1.807) is 37.3 Å². The summed E-state index contributed by atoms with van der Waals surface area (Å²) < 4.78 is 30.9. The van der Waals surface area contributed by atoms with Crippen molar-refractivity contribution in [1.82, 2.24) is 4.72 Å². The van der Waals surface area contributed by atoms with E-state index in [-0.39, 0.29) is 22.6 Å². The van der Waals surface area contributed by atoms with Gasteiger partial charge in [-0.1, -0.05) is 52.3 Å². The zero-order valence-corrected chi connectivity index (χ0v) is 22.8. The maximum atomic E-state index is 13.7. The molecule has 0 radical (unpaired) electrons. The minimum atomic E-state index is -3.99. The lowest BCUT2D eigenvalue weighted by Gasteiger charge is -2.33. The number of hydrogen-bond donors (Lipinski definition) is 3. The van der Waals surface area contributed by atoms with Gasteiger partial charge in [-0.05, 0) is 61.7 Å². The number of hydrogen-bond acceptors (Lipinski definition) is 5. The van der Waals surface area contributed by atoms with E-state index in [4.69, 9.17) is 5.73 Å². The van der Waals surface area contributed by atoms with Crippen LogP contribution >= 0.6 is 15.9 Å². The Bertz CT molecular complexity index is 1390. The summed E-state index contributed by atoms with van der Waals surface area (Å²) in [6.45, 7) is 2.77. The number of primary amides is 1. The molecule has 0 bridgehead atoms. The van der Waals surface area contributed by atoms with Crippen LogP contribution in [0.25, 0.3) is 0 Å². The van der Waals surface area contributed by atoms with Crippen LogP contribution in [0.15, 0.2) is 82.2 Å². The Hall–Kier alpha value is -3.21. The highest BCUT2D eigenvalue weighted by atomic mass is 79.9. The van der Waals surface area contributed by atoms with Crippen LogP contribution < -0.4 is 20.7 Å². The molecule has 1 saturated heterocycles. The molecule has 194 valence electrons. The lowest BCUT2D eigenvalue weighted by molar-refractivity contribution is -0.122. The summed E-state index contributed by atoms with van der Waals surface area (Å²) in [4.78, 5) is 26.4. The molecule has 1 aliphatic rings. The summed E-state index contributed by atoms with van der Waals surface area (Å²) in [7, 11) is -3.99. The van der Waals surface area contributed by atoms with Crippen LogP contribution in [0.1, 0.15) is 41.7 Å². The molecule has 1 atom stereocenters. The highest BCUT2D eigenvalue weighted by Gasteiger charge is 2.29. The molecule has 4 rings (SSSR count). The van der Waals surface area contributed by atoms with E-state index in [1.165, 1.54) is 6.07 Å². The summed E-state index contributed by atoms with van der Waals surface area (Å²) >= 11 is 3.36. The fourth-order valence-corrected chi connectivity index (χ4v) is 6.29. The third-order valence-corrected chi connectivity index (χ3v) is 8.53. The van der Waals surface area contributed by atoms with Crippen LogP contribution in [0, 0.1) is 5.92 Å². The third-order valence-electron chi connectivity index (χ3n) is 6.46. The Morgan fingerprint density at radius 1 is 1.00 bits per heavy atom. The quantitative estimate of drug-likeness (QED) is 0.361. The van der Waals surface area contributed by atoms with Crippen LogP contribution in [-0.2, 0) is 14.8 Å². The lowest BCUT2D eigenvalue weighted by atomic mass is 9.96. The number of carbonyl (C=O) groups excluding carboxylic acids is 2. The number of nitrogens with one attached hydrogen (secondary N) is 2. The van der Waals surface area contributed by atoms with Gasteiger partial charge < -0.3 is 16.0 Å². The second kappa shape index (κ2) is 11.5. The third kappa shape index (κ3) is 6.57. The second-order valence-corrected chi connectivity index (χ2v) is 11.7. The summed E-state index contributed by atoms with van der Waals surface area (Å²) in [6.07, 6.45) is 1.09. The van der Waals surface area contributed by atoms with Crippen molar-refractivity contribution in [3.05, 3.63) is 88.4 Å².